The van der Waals surface area contributed by atoms with Crippen LogP contribution < -0.4 is 0 Å². The highest BCUT2D eigenvalue weighted by Crippen LogP contribution is 2.35. The molecular formula is C12H17NO3S. The van der Waals surface area contributed by atoms with E-state index in [1.54, 1.807) is 12.1 Å². The molecule has 17 heavy (non-hydrogen) atoms. The van der Waals surface area contributed by atoms with E-state index in [0.29, 0.717) is 6.54 Å². The van der Waals surface area contributed by atoms with Crippen molar-refractivity contribution in [1.29, 1.82) is 0 Å². The molecule has 0 fully saturated rings. The minimum absolute atomic E-state index is 0.119. The van der Waals surface area contributed by atoms with E-state index >= 15 is 0 Å². The lowest BCUT2D eigenvalue weighted by atomic mass is 9.78. The zero-order valence-corrected chi connectivity index (χ0v) is 10.8. The molecule has 1 aliphatic heterocycles. The van der Waals surface area contributed by atoms with Crippen molar-refractivity contribution in [3.63, 3.8) is 0 Å². The first-order valence-corrected chi connectivity index (χ1v) is 6.78. The minimum atomic E-state index is -1.80. The van der Waals surface area contributed by atoms with E-state index in [-0.39, 0.29) is 17.0 Å². The third-order valence-electron chi connectivity index (χ3n) is 3.13. The normalized spacial score (nSPS) is 20.9. The van der Waals surface area contributed by atoms with Crippen LogP contribution in [0.15, 0.2) is 18.2 Å². The van der Waals surface area contributed by atoms with Crippen LogP contribution in [0.2, 0.25) is 0 Å². The number of hydrogen-bond donors (Lipinski definition) is 2. The Bertz CT molecular complexity index is 459. The second kappa shape index (κ2) is 4.40. The zero-order chi connectivity index (χ0) is 12.6. The van der Waals surface area contributed by atoms with E-state index in [1.807, 2.05) is 11.0 Å². The number of nitrogens with zero attached hydrogens (tertiary/aromatic N) is 1. The second-order valence-corrected chi connectivity index (χ2v) is 6.06. The molecule has 1 heterocycles. The molecule has 5 heteroatoms. The molecule has 2 rings (SSSR count). The van der Waals surface area contributed by atoms with Gasteiger partial charge in [0.05, 0.1) is 0 Å². The van der Waals surface area contributed by atoms with Gasteiger partial charge in [-0.2, -0.15) is 0 Å². The van der Waals surface area contributed by atoms with Crippen molar-refractivity contribution in [3.8, 4) is 5.75 Å². The van der Waals surface area contributed by atoms with E-state index in [9.17, 15) is 9.32 Å². The lowest BCUT2D eigenvalue weighted by Gasteiger charge is -2.39. The molecule has 0 bridgehead atoms. The van der Waals surface area contributed by atoms with Gasteiger partial charge in [-0.15, -0.1) is 0 Å². The summed E-state index contributed by atoms with van der Waals surface area (Å²) in [6, 6.07) is 5.34. The first kappa shape index (κ1) is 12.5. The number of phenols is 1. The van der Waals surface area contributed by atoms with Gasteiger partial charge in [0.1, 0.15) is 11.6 Å². The molecule has 1 atom stereocenters. The summed E-state index contributed by atoms with van der Waals surface area (Å²) in [5, 5.41) is 9.53. The minimum Gasteiger partial charge on any atom is -0.508 e. The van der Waals surface area contributed by atoms with Crippen molar-refractivity contribution in [2.75, 3.05) is 12.4 Å². The summed E-state index contributed by atoms with van der Waals surface area (Å²) in [5.74, 6) is 0.444. The van der Waals surface area contributed by atoms with E-state index in [4.69, 9.17) is 4.55 Å². The molecule has 1 unspecified atom stereocenters. The highest BCUT2D eigenvalue weighted by atomic mass is 32.2. The summed E-state index contributed by atoms with van der Waals surface area (Å²) >= 11 is -1.80. The van der Waals surface area contributed by atoms with Gasteiger partial charge in [0.2, 0.25) is 0 Å². The molecule has 1 aromatic rings. The highest BCUT2D eigenvalue weighted by Gasteiger charge is 2.32. The van der Waals surface area contributed by atoms with Crippen LogP contribution in [0.3, 0.4) is 0 Å². The number of rotatable bonds is 2. The van der Waals surface area contributed by atoms with Crippen molar-refractivity contribution in [1.82, 2.24) is 4.90 Å². The maximum atomic E-state index is 10.9. The Morgan fingerprint density at radius 3 is 2.82 bits per heavy atom. The molecule has 0 aromatic heterocycles. The Labute approximate surface area is 104 Å². The maximum absolute atomic E-state index is 10.9. The molecule has 4 nitrogen and oxygen atoms in total. The van der Waals surface area contributed by atoms with Crippen LogP contribution in [0.4, 0.5) is 0 Å². The van der Waals surface area contributed by atoms with Gasteiger partial charge >= 0.3 is 0 Å². The topological polar surface area (TPSA) is 60.8 Å². The van der Waals surface area contributed by atoms with E-state index < -0.39 is 11.1 Å². The van der Waals surface area contributed by atoms with E-state index in [2.05, 4.69) is 13.8 Å². The van der Waals surface area contributed by atoms with Crippen LogP contribution >= 0.6 is 0 Å². The van der Waals surface area contributed by atoms with Gasteiger partial charge in [-0.25, -0.2) is 4.21 Å². The van der Waals surface area contributed by atoms with Crippen LogP contribution in [0.25, 0.3) is 0 Å². The van der Waals surface area contributed by atoms with Crippen molar-refractivity contribution >= 4 is 11.1 Å². The zero-order valence-electron chi connectivity index (χ0n) is 10.0. The van der Waals surface area contributed by atoms with Crippen LogP contribution in [0, 0.1) is 0 Å². The molecule has 1 aliphatic rings. The van der Waals surface area contributed by atoms with Gasteiger partial charge in [0.25, 0.3) is 0 Å². The van der Waals surface area contributed by atoms with Crippen LogP contribution in [-0.2, 0) is 23.0 Å². The first-order chi connectivity index (χ1) is 7.88. The summed E-state index contributed by atoms with van der Waals surface area (Å²) in [6.07, 6.45) is 0. The smallest absolute Gasteiger partial charge is 0.167 e. The maximum Gasteiger partial charge on any atom is 0.167 e. The van der Waals surface area contributed by atoms with Crippen molar-refractivity contribution < 1.29 is 13.9 Å². The van der Waals surface area contributed by atoms with Gasteiger partial charge in [-0.3, -0.25) is 4.90 Å². The van der Waals surface area contributed by atoms with Gasteiger partial charge < -0.3 is 9.66 Å². The Kier molecular flexibility index (Phi) is 3.25. The Balaban J connectivity index is 2.34. The summed E-state index contributed by atoms with van der Waals surface area (Å²) in [6.45, 7) is 5.54. The molecule has 0 spiro atoms. The fraction of sp³-hybridized carbons (Fsp3) is 0.500. The van der Waals surface area contributed by atoms with Gasteiger partial charge in [0, 0.05) is 18.5 Å². The third-order valence-corrected chi connectivity index (χ3v) is 3.71. The largest absolute Gasteiger partial charge is 0.508 e. The number of aromatic hydroxyl groups is 1. The van der Waals surface area contributed by atoms with Crippen molar-refractivity contribution in [2.24, 2.45) is 0 Å². The molecule has 0 aliphatic carbocycles. The standard InChI is InChI=1S/C12H17NO3S/c1-12(2)7-13(8-17(15)16)6-9-3-4-10(14)5-11(9)12/h3-5,14H,6-8H2,1-2H3,(H,15,16). The van der Waals surface area contributed by atoms with Gasteiger partial charge in [-0.1, -0.05) is 19.9 Å². The number of phenolic OH excluding ortho intramolecular Hbond substituents is 1. The molecule has 0 saturated heterocycles. The second-order valence-electron chi connectivity index (χ2n) is 5.16. The SMILES string of the molecule is CC1(C)CN(CS(=O)O)Cc2ccc(O)cc21. The lowest BCUT2D eigenvalue weighted by molar-refractivity contribution is 0.221. The van der Waals surface area contributed by atoms with Crippen LogP contribution in [0.1, 0.15) is 25.0 Å². The quantitative estimate of drug-likeness (QED) is 0.789. The molecule has 94 valence electrons. The lowest BCUT2D eigenvalue weighted by Crippen LogP contribution is -2.43. The van der Waals surface area contributed by atoms with Crippen LogP contribution in [0.5, 0.6) is 5.75 Å². The predicted molar refractivity (Wildman–Crippen MR) is 67.2 cm³/mol. The van der Waals surface area contributed by atoms with Gasteiger partial charge in [-0.05, 0) is 23.3 Å². The highest BCUT2D eigenvalue weighted by molar-refractivity contribution is 7.79. The Morgan fingerprint density at radius 2 is 2.18 bits per heavy atom. The monoisotopic (exact) mass is 255 g/mol. The molecule has 2 N–H and O–H groups in total. The molecule has 0 saturated carbocycles. The fourth-order valence-electron chi connectivity index (χ4n) is 2.52. The molecule has 0 radical (unpaired) electrons. The summed E-state index contributed by atoms with van der Waals surface area (Å²) < 4.78 is 19.8. The van der Waals surface area contributed by atoms with Crippen molar-refractivity contribution in [3.05, 3.63) is 29.3 Å². The van der Waals surface area contributed by atoms with E-state index in [0.717, 1.165) is 17.7 Å². The Morgan fingerprint density at radius 1 is 1.47 bits per heavy atom. The number of fused-ring (bicyclic) bond motifs is 1. The summed E-state index contributed by atoms with van der Waals surface area (Å²) in [5.41, 5.74) is 2.12. The molecular weight excluding hydrogens is 238 g/mol. The van der Waals surface area contributed by atoms with Gasteiger partial charge in [0.15, 0.2) is 11.1 Å². The average molecular weight is 255 g/mol. The number of hydrogen-bond acceptors (Lipinski definition) is 3. The van der Waals surface area contributed by atoms with Crippen LogP contribution in [-0.4, -0.2) is 31.2 Å². The fourth-order valence-corrected chi connectivity index (χ4v) is 3.02. The number of benzene rings is 1. The van der Waals surface area contributed by atoms with E-state index in [1.165, 1.54) is 0 Å². The molecule has 1 aromatic carbocycles. The first-order valence-electron chi connectivity index (χ1n) is 5.51. The Hall–Kier alpha value is -0.910. The third kappa shape index (κ3) is 2.68. The summed E-state index contributed by atoms with van der Waals surface area (Å²) in [7, 11) is 0. The molecule has 0 amide bonds. The van der Waals surface area contributed by atoms with Crippen molar-refractivity contribution in [2.45, 2.75) is 25.8 Å². The summed E-state index contributed by atoms with van der Waals surface area (Å²) in [4.78, 5) is 1.97. The predicted octanol–water partition coefficient (Wildman–Crippen LogP) is 1.66. The average Bonchev–Trinajstić information content (AvgIpc) is 2.17.